The van der Waals surface area contributed by atoms with Gasteiger partial charge < -0.3 is 29.0 Å². The van der Waals surface area contributed by atoms with Gasteiger partial charge in [0.25, 0.3) is 0 Å². The summed E-state index contributed by atoms with van der Waals surface area (Å²) in [6.07, 6.45) is 3.32. The molecule has 2 heterocycles. The van der Waals surface area contributed by atoms with Crippen molar-refractivity contribution in [2.45, 2.75) is 51.7 Å². The number of rotatable bonds is 7. The number of carbonyl (C=O) groups is 3. The molecule has 198 valence electrons. The Morgan fingerprint density at radius 1 is 1.16 bits per heavy atom. The monoisotopic (exact) mass is 511 g/mol. The van der Waals surface area contributed by atoms with E-state index in [4.69, 9.17) is 18.9 Å². The number of hydrogen-bond donors (Lipinski definition) is 1. The fraction of sp³-hybridized carbons (Fsp3) is 0.536. The number of Topliss-reactive ketones (excluding diaryl/α,β-unsaturated/α-hetero) is 1. The highest BCUT2D eigenvalue weighted by Crippen LogP contribution is 2.54. The summed E-state index contributed by atoms with van der Waals surface area (Å²) in [5.41, 5.74) is 2.46. The number of carboxylic acid groups (broad SMARTS) is 1. The fourth-order valence-corrected chi connectivity index (χ4v) is 5.57. The lowest BCUT2D eigenvalue weighted by atomic mass is 9.75. The summed E-state index contributed by atoms with van der Waals surface area (Å²) < 4.78 is 23.5. The molecule has 1 aromatic carbocycles. The van der Waals surface area contributed by atoms with E-state index in [0.29, 0.717) is 36.1 Å². The molecule has 5 rings (SSSR count). The van der Waals surface area contributed by atoms with Crippen LogP contribution in [0.5, 0.6) is 17.2 Å². The summed E-state index contributed by atoms with van der Waals surface area (Å²) in [6, 6.07) is 3.69. The number of nitrogens with zero attached hydrogens (tertiary/aromatic N) is 1. The van der Waals surface area contributed by atoms with Crippen LogP contribution in [0, 0.1) is 17.8 Å². The number of carbonyl (C=O) groups excluding carboxylic acids is 2. The van der Waals surface area contributed by atoms with Gasteiger partial charge in [-0.1, -0.05) is 13.8 Å². The van der Waals surface area contributed by atoms with Crippen LogP contribution in [-0.4, -0.2) is 67.4 Å². The summed E-state index contributed by atoms with van der Waals surface area (Å²) in [4.78, 5) is 38.0. The molecule has 9 heteroatoms. The molecular formula is C28H33NO8. The summed E-state index contributed by atoms with van der Waals surface area (Å²) in [5.74, 6) is 0.670. The zero-order valence-corrected chi connectivity index (χ0v) is 21.6. The average Bonchev–Trinajstić information content (AvgIpc) is 3.63. The maximum atomic E-state index is 12.8. The van der Waals surface area contributed by atoms with E-state index in [1.54, 1.807) is 20.2 Å². The van der Waals surface area contributed by atoms with E-state index >= 15 is 0 Å². The minimum Gasteiger partial charge on any atom is -0.493 e. The highest BCUT2D eigenvalue weighted by molar-refractivity contribution is 6.17. The van der Waals surface area contributed by atoms with E-state index in [1.807, 2.05) is 26.0 Å². The molecule has 2 aliphatic carbocycles. The van der Waals surface area contributed by atoms with Gasteiger partial charge in [-0.05, 0) is 60.3 Å². The van der Waals surface area contributed by atoms with Crippen molar-refractivity contribution in [1.29, 1.82) is 0 Å². The van der Waals surface area contributed by atoms with Gasteiger partial charge in [-0.3, -0.25) is 4.79 Å². The number of fused-ring (bicyclic) bond motifs is 2. The van der Waals surface area contributed by atoms with Crippen molar-refractivity contribution < 1.29 is 38.4 Å². The number of carboxylic acids is 1. The molecule has 1 aromatic rings. The minimum absolute atomic E-state index is 0.0266. The predicted octanol–water partition coefficient (Wildman–Crippen LogP) is 4.10. The first-order chi connectivity index (χ1) is 17.7. The lowest BCUT2D eigenvalue weighted by Crippen LogP contribution is -2.33. The molecule has 37 heavy (non-hydrogen) atoms. The fourth-order valence-electron chi connectivity index (χ4n) is 5.57. The minimum atomic E-state index is -1.21. The number of cyclic esters (lactones) is 1. The van der Waals surface area contributed by atoms with Crippen LogP contribution in [0.4, 0.5) is 4.79 Å². The van der Waals surface area contributed by atoms with Crippen molar-refractivity contribution in [3.8, 4) is 17.2 Å². The standard InChI is InChI=1S/C28H33NO8/c1-14(2)26-20-9-18(27(31)32)21(30)8-7-17(15-5-6-15)25(20)19-10-23(34-4)24(11-22(19)37-26)35-13-16-12-29(3)28(33)36-16/h9-11,14-17,26H,5-8,12-13H2,1-4H3,(H,31,32)/b18-9+. The normalized spacial score (nSPS) is 26.9. The molecule has 1 saturated carbocycles. The number of allylic oxidation sites excluding steroid dienone is 1. The second kappa shape index (κ2) is 9.76. The average molecular weight is 512 g/mol. The van der Waals surface area contributed by atoms with Crippen molar-refractivity contribution in [3.05, 3.63) is 34.9 Å². The molecule has 1 saturated heterocycles. The largest absolute Gasteiger partial charge is 0.493 e. The maximum Gasteiger partial charge on any atom is 0.410 e. The van der Waals surface area contributed by atoms with Gasteiger partial charge in [0, 0.05) is 25.1 Å². The van der Waals surface area contributed by atoms with Gasteiger partial charge in [0.05, 0.1) is 13.7 Å². The zero-order chi connectivity index (χ0) is 26.4. The van der Waals surface area contributed by atoms with E-state index < -0.39 is 12.1 Å². The molecule has 0 radical (unpaired) electrons. The molecule has 0 spiro atoms. The van der Waals surface area contributed by atoms with Crippen molar-refractivity contribution >= 4 is 23.4 Å². The number of amides is 1. The van der Waals surface area contributed by atoms with Crippen molar-refractivity contribution in [1.82, 2.24) is 4.90 Å². The Balaban J connectivity index is 1.60. The summed E-state index contributed by atoms with van der Waals surface area (Å²) in [6.45, 7) is 4.65. The maximum absolute atomic E-state index is 12.8. The Morgan fingerprint density at radius 2 is 1.92 bits per heavy atom. The Morgan fingerprint density at radius 3 is 2.51 bits per heavy atom. The molecule has 2 aliphatic heterocycles. The highest BCUT2D eigenvalue weighted by atomic mass is 16.6. The van der Waals surface area contributed by atoms with Crippen LogP contribution in [0.15, 0.2) is 29.4 Å². The summed E-state index contributed by atoms with van der Waals surface area (Å²) in [7, 11) is 3.24. The Bertz CT molecular complexity index is 1190. The molecule has 3 atom stereocenters. The van der Waals surface area contributed by atoms with E-state index in [2.05, 4.69) is 0 Å². The van der Waals surface area contributed by atoms with Gasteiger partial charge in [0.15, 0.2) is 23.4 Å². The SMILES string of the molecule is COc1cc2c(cc1OCC1CN(C)C(=O)O1)OC(C(C)C)C1=C2C(C2CC2)CCC(=O)/C(C(=O)O)=C\1. The van der Waals surface area contributed by atoms with Crippen LogP contribution in [-0.2, 0) is 14.3 Å². The summed E-state index contributed by atoms with van der Waals surface area (Å²) in [5, 5.41) is 9.80. The Kier molecular flexibility index (Phi) is 6.64. The third-order valence-corrected chi connectivity index (χ3v) is 7.59. The van der Waals surface area contributed by atoms with Gasteiger partial charge in [-0.2, -0.15) is 0 Å². The van der Waals surface area contributed by atoms with Crippen molar-refractivity contribution in [2.75, 3.05) is 27.3 Å². The van der Waals surface area contributed by atoms with Crippen molar-refractivity contribution in [3.63, 3.8) is 0 Å². The Hall–Kier alpha value is -3.49. The van der Waals surface area contributed by atoms with Gasteiger partial charge in [-0.25, -0.2) is 9.59 Å². The van der Waals surface area contributed by atoms with Gasteiger partial charge >= 0.3 is 12.1 Å². The number of benzene rings is 1. The predicted molar refractivity (Wildman–Crippen MR) is 134 cm³/mol. The third-order valence-electron chi connectivity index (χ3n) is 7.59. The first-order valence-corrected chi connectivity index (χ1v) is 12.8. The number of ether oxygens (including phenoxy) is 4. The van der Waals surface area contributed by atoms with Crippen molar-refractivity contribution in [2.24, 2.45) is 17.8 Å². The number of likely N-dealkylation sites (N-methyl/N-ethyl adjacent to an activating group) is 1. The van der Waals surface area contributed by atoms with Crippen LogP contribution in [0.3, 0.4) is 0 Å². The zero-order valence-electron chi connectivity index (χ0n) is 21.6. The number of methoxy groups -OCH3 is 1. The quantitative estimate of drug-likeness (QED) is 0.545. The van der Waals surface area contributed by atoms with E-state index in [1.165, 1.54) is 4.90 Å². The van der Waals surface area contributed by atoms with Gasteiger partial charge in [0.2, 0.25) is 0 Å². The van der Waals surface area contributed by atoms with Gasteiger partial charge in [0.1, 0.15) is 24.0 Å². The molecule has 3 unspecified atom stereocenters. The first-order valence-electron chi connectivity index (χ1n) is 12.8. The highest BCUT2D eigenvalue weighted by Gasteiger charge is 2.42. The van der Waals surface area contributed by atoms with Crippen LogP contribution >= 0.6 is 0 Å². The molecule has 0 aromatic heterocycles. The molecule has 4 aliphatic rings. The van der Waals surface area contributed by atoms with Crippen LogP contribution in [0.1, 0.15) is 45.1 Å². The van der Waals surface area contributed by atoms with E-state index in [-0.39, 0.29) is 48.4 Å². The summed E-state index contributed by atoms with van der Waals surface area (Å²) >= 11 is 0. The smallest absolute Gasteiger partial charge is 0.410 e. The molecule has 1 N–H and O–H groups in total. The lowest BCUT2D eigenvalue weighted by molar-refractivity contribution is -0.134. The second-order valence-corrected chi connectivity index (χ2v) is 10.6. The second-order valence-electron chi connectivity index (χ2n) is 10.6. The van der Waals surface area contributed by atoms with E-state index in [0.717, 1.165) is 29.6 Å². The molecular weight excluding hydrogens is 478 g/mol. The van der Waals surface area contributed by atoms with Gasteiger partial charge in [-0.15, -0.1) is 0 Å². The number of ketones is 1. The number of aliphatic carboxylic acids is 1. The topological polar surface area (TPSA) is 112 Å². The number of hydrogen-bond acceptors (Lipinski definition) is 7. The van der Waals surface area contributed by atoms with Crippen LogP contribution < -0.4 is 14.2 Å². The molecule has 0 bridgehead atoms. The third kappa shape index (κ3) is 4.79. The molecule has 9 nitrogen and oxygen atoms in total. The van der Waals surface area contributed by atoms with Crippen LogP contribution in [0.25, 0.3) is 5.57 Å². The first kappa shape index (κ1) is 25.2. The van der Waals surface area contributed by atoms with E-state index in [9.17, 15) is 19.5 Å². The van der Waals surface area contributed by atoms with Crippen LogP contribution in [0.2, 0.25) is 0 Å². The molecule has 2 fully saturated rings. The molecule has 1 amide bonds. The Labute approximate surface area is 216 Å². The lowest BCUT2D eigenvalue weighted by Gasteiger charge is -2.37.